The van der Waals surface area contributed by atoms with Crippen LogP contribution in [0, 0.1) is 0 Å². The molecule has 1 heterocycles. The normalized spacial score (nSPS) is 10.3. The number of nitrogens with zero attached hydrogens (tertiary/aromatic N) is 2. The quantitative estimate of drug-likeness (QED) is 0.537. The minimum atomic E-state index is -0.417. The van der Waals surface area contributed by atoms with E-state index in [0.717, 1.165) is 11.3 Å². The van der Waals surface area contributed by atoms with Gasteiger partial charge in [-0.25, -0.2) is 0 Å². The summed E-state index contributed by atoms with van der Waals surface area (Å²) >= 11 is 12.6. The molecular formula is C18H14Cl2N4O4S. The van der Waals surface area contributed by atoms with Crippen LogP contribution < -0.4 is 20.1 Å². The van der Waals surface area contributed by atoms with Crippen LogP contribution in [-0.2, 0) is 9.59 Å². The number of carbonyl (C=O) groups is 2. The predicted octanol–water partition coefficient (Wildman–Crippen LogP) is 3.88. The number of anilines is 2. The summed E-state index contributed by atoms with van der Waals surface area (Å²) in [6.07, 6.45) is 0. The second-order valence-electron chi connectivity index (χ2n) is 5.49. The molecule has 0 atom stereocenters. The molecule has 0 bridgehead atoms. The van der Waals surface area contributed by atoms with Gasteiger partial charge >= 0.3 is 0 Å². The highest BCUT2D eigenvalue weighted by Crippen LogP contribution is 2.20. The van der Waals surface area contributed by atoms with Crippen LogP contribution in [0.4, 0.5) is 10.3 Å². The Labute approximate surface area is 179 Å². The molecule has 0 saturated heterocycles. The molecule has 0 saturated carbocycles. The van der Waals surface area contributed by atoms with Crippen LogP contribution in [0.15, 0.2) is 48.5 Å². The topological polar surface area (TPSA) is 102 Å². The van der Waals surface area contributed by atoms with E-state index in [2.05, 4.69) is 20.8 Å². The SMILES string of the molecule is O=C(COc1ccc(Cl)cc1)Nc1nnc(NC(=O)COc2ccc(Cl)cc2)s1. The fourth-order valence-corrected chi connectivity index (χ4v) is 2.92. The van der Waals surface area contributed by atoms with Gasteiger partial charge in [0.05, 0.1) is 0 Å². The molecule has 3 aromatic rings. The maximum atomic E-state index is 11.9. The zero-order valence-corrected chi connectivity index (χ0v) is 17.1. The Balaban J connectivity index is 1.42. The third-order valence-electron chi connectivity index (χ3n) is 3.28. The third-order valence-corrected chi connectivity index (χ3v) is 4.54. The van der Waals surface area contributed by atoms with Crippen molar-refractivity contribution in [1.29, 1.82) is 0 Å². The van der Waals surface area contributed by atoms with Gasteiger partial charge in [-0.15, -0.1) is 10.2 Å². The van der Waals surface area contributed by atoms with Crippen molar-refractivity contribution in [3.8, 4) is 11.5 Å². The first-order valence-corrected chi connectivity index (χ1v) is 9.75. The molecule has 2 aromatic carbocycles. The number of carbonyl (C=O) groups excluding carboxylic acids is 2. The minimum Gasteiger partial charge on any atom is -0.484 e. The van der Waals surface area contributed by atoms with Gasteiger partial charge in [-0.05, 0) is 48.5 Å². The average molecular weight is 453 g/mol. The molecule has 0 spiro atoms. The van der Waals surface area contributed by atoms with Crippen molar-refractivity contribution >= 4 is 56.6 Å². The van der Waals surface area contributed by atoms with E-state index < -0.39 is 11.8 Å². The second-order valence-corrected chi connectivity index (χ2v) is 7.34. The Hall–Kier alpha value is -2.88. The maximum Gasteiger partial charge on any atom is 0.264 e. The Kier molecular flexibility index (Phi) is 7.23. The van der Waals surface area contributed by atoms with Crippen LogP contribution in [0.1, 0.15) is 0 Å². The van der Waals surface area contributed by atoms with Crippen LogP contribution in [-0.4, -0.2) is 35.2 Å². The molecule has 2 amide bonds. The number of halogens is 2. The first kappa shape index (κ1) is 20.8. The van der Waals surface area contributed by atoms with Crippen LogP contribution in [0.5, 0.6) is 11.5 Å². The highest BCUT2D eigenvalue weighted by atomic mass is 35.5. The summed E-state index contributed by atoms with van der Waals surface area (Å²) in [6, 6.07) is 13.2. The van der Waals surface area contributed by atoms with Crippen molar-refractivity contribution in [2.75, 3.05) is 23.8 Å². The molecule has 29 heavy (non-hydrogen) atoms. The highest BCUT2D eigenvalue weighted by Gasteiger charge is 2.11. The molecule has 150 valence electrons. The number of hydrogen-bond donors (Lipinski definition) is 2. The van der Waals surface area contributed by atoms with Crippen LogP contribution >= 0.6 is 34.5 Å². The summed E-state index contributed by atoms with van der Waals surface area (Å²) in [7, 11) is 0. The van der Waals surface area contributed by atoms with Gasteiger partial charge in [-0.1, -0.05) is 34.5 Å². The van der Waals surface area contributed by atoms with Gasteiger partial charge in [0.15, 0.2) is 13.2 Å². The molecule has 8 nitrogen and oxygen atoms in total. The number of hydrogen-bond acceptors (Lipinski definition) is 7. The van der Waals surface area contributed by atoms with Gasteiger partial charge in [0, 0.05) is 10.0 Å². The summed E-state index contributed by atoms with van der Waals surface area (Å²) in [6.45, 7) is -0.421. The highest BCUT2D eigenvalue weighted by molar-refractivity contribution is 7.19. The molecule has 0 unspecified atom stereocenters. The molecule has 0 aliphatic heterocycles. The summed E-state index contributed by atoms with van der Waals surface area (Å²) in [4.78, 5) is 23.9. The van der Waals surface area contributed by atoms with Gasteiger partial charge < -0.3 is 9.47 Å². The first-order chi connectivity index (χ1) is 14.0. The van der Waals surface area contributed by atoms with E-state index in [-0.39, 0.29) is 23.5 Å². The second kappa shape index (κ2) is 10.1. The van der Waals surface area contributed by atoms with E-state index in [9.17, 15) is 9.59 Å². The summed E-state index contributed by atoms with van der Waals surface area (Å²) in [5.41, 5.74) is 0. The largest absolute Gasteiger partial charge is 0.484 e. The smallest absolute Gasteiger partial charge is 0.264 e. The summed E-state index contributed by atoms with van der Waals surface area (Å²) in [5.74, 6) is 0.186. The molecule has 0 aliphatic rings. The number of amides is 2. The third kappa shape index (κ3) is 6.90. The van der Waals surface area contributed by atoms with E-state index in [0.29, 0.717) is 21.5 Å². The van der Waals surface area contributed by atoms with Gasteiger partial charge in [0.2, 0.25) is 10.3 Å². The van der Waals surface area contributed by atoms with Crippen molar-refractivity contribution < 1.29 is 19.1 Å². The minimum absolute atomic E-state index is 0.210. The Morgan fingerprint density at radius 2 is 1.14 bits per heavy atom. The van der Waals surface area contributed by atoms with Crippen molar-refractivity contribution in [3.63, 3.8) is 0 Å². The number of ether oxygens (including phenoxy) is 2. The van der Waals surface area contributed by atoms with E-state index in [1.54, 1.807) is 48.5 Å². The monoisotopic (exact) mass is 452 g/mol. The molecule has 3 rings (SSSR count). The molecule has 0 fully saturated rings. The van der Waals surface area contributed by atoms with Crippen LogP contribution in [0.3, 0.4) is 0 Å². The fourth-order valence-electron chi connectivity index (χ4n) is 1.99. The number of benzene rings is 2. The Morgan fingerprint density at radius 3 is 1.52 bits per heavy atom. The first-order valence-electron chi connectivity index (χ1n) is 8.18. The van der Waals surface area contributed by atoms with Gasteiger partial charge in [0.1, 0.15) is 11.5 Å². The molecule has 2 N–H and O–H groups in total. The van der Waals surface area contributed by atoms with Crippen molar-refractivity contribution in [1.82, 2.24) is 10.2 Å². The molecule has 0 aliphatic carbocycles. The van der Waals surface area contributed by atoms with Crippen molar-refractivity contribution in [2.24, 2.45) is 0 Å². The fraction of sp³-hybridized carbons (Fsp3) is 0.111. The zero-order valence-electron chi connectivity index (χ0n) is 14.7. The average Bonchev–Trinajstić information content (AvgIpc) is 3.13. The lowest BCUT2D eigenvalue weighted by Gasteiger charge is -2.05. The lowest BCUT2D eigenvalue weighted by atomic mass is 10.3. The van der Waals surface area contributed by atoms with E-state index in [4.69, 9.17) is 32.7 Å². The standard InChI is InChI=1S/C18H14Cl2N4O4S/c19-11-1-5-13(6-2-11)27-9-15(25)21-17-23-24-18(29-17)22-16(26)10-28-14-7-3-12(20)4-8-14/h1-8H,9-10H2,(H,21,23,25)(H,22,24,26). The van der Waals surface area contributed by atoms with E-state index in [1.165, 1.54) is 0 Å². The predicted molar refractivity (Wildman–Crippen MR) is 111 cm³/mol. The van der Waals surface area contributed by atoms with Crippen LogP contribution in [0.2, 0.25) is 10.0 Å². The molecule has 1 aromatic heterocycles. The number of rotatable bonds is 8. The van der Waals surface area contributed by atoms with E-state index >= 15 is 0 Å². The lowest BCUT2D eigenvalue weighted by molar-refractivity contribution is -0.118. The summed E-state index contributed by atoms with van der Waals surface area (Å²) in [5, 5.41) is 14.3. The number of nitrogens with one attached hydrogen (secondary N) is 2. The Bertz CT molecular complexity index is 902. The van der Waals surface area contributed by atoms with Gasteiger partial charge in [0.25, 0.3) is 11.8 Å². The van der Waals surface area contributed by atoms with Crippen molar-refractivity contribution in [2.45, 2.75) is 0 Å². The van der Waals surface area contributed by atoms with Crippen molar-refractivity contribution in [3.05, 3.63) is 58.6 Å². The molecular weight excluding hydrogens is 439 g/mol. The van der Waals surface area contributed by atoms with Crippen LogP contribution in [0.25, 0.3) is 0 Å². The molecule has 0 radical (unpaired) electrons. The summed E-state index contributed by atoms with van der Waals surface area (Å²) < 4.78 is 10.7. The lowest BCUT2D eigenvalue weighted by Crippen LogP contribution is -2.20. The number of aromatic nitrogens is 2. The zero-order chi connectivity index (χ0) is 20.6. The maximum absolute atomic E-state index is 11.9. The Morgan fingerprint density at radius 1 is 0.759 bits per heavy atom. The van der Waals surface area contributed by atoms with Gasteiger partial charge in [-0.3, -0.25) is 20.2 Å². The van der Waals surface area contributed by atoms with E-state index in [1.807, 2.05) is 0 Å². The van der Waals surface area contributed by atoms with Gasteiger partial charge in [-0.2, -0.15) is 0 Å². The molecule has 11 heteroatoms.